The van der Waals surface area contributed by atoms with E-state index in [4.69, 9.17) is 14.4 Å². The van der Waals surface area contributed by atoms with Crippen molar-refractivity contribution in [3.8, 4) is 78.4 Å². The Morgan fingerprint density at radius 2 is 0.871 bits per heavy atom. The van der Waals surface area contributed by atoms with Gasteiger partial charge in [-0.2, -0.15) is 0 Å². The van der Waals surface area contributed by atoms with Crippen molar-refractivity contribution in [2.24, 2.45) is 0 Å². The average molecular weight is 789 g/mol. The second kappa shape index (κ2) is 13.4. The third kappa shape index (κ3) is 5.00. The van der Waals surface area contributed by atoms with E-state index in [-0.39, 0.29) is 0 Å². The summed E-state index contributed by atoms with van der Waals surface area (Å²) in [4.78, 5) is 10.5. The van der Waals surface area contributed by atoms with Gasteiger partial charge in [0.2, 0.25) is 0 Å². The number of aromatic nitrogens is 2. The highest BCUT2D eigenvalue weighted by atomic mass is 16.3. The summed E-state index contributed by atoms with van der Waals surface area (Å²) >= 11 is 0. The molecule has 2 aliphatic carbocycles. The average Bonchev–Trinajstić information content (AvgIpc) is 3.98. The fourth-order valence-electron chi connectivity index (χ4n) is 10.5. The minimum atomic E-state index is -0.406. The molecule has 2 aromatic heterocycles. The molecule has 0 atom stereocenters. The lowest BCUT2D eigenvalue weighted by Gasteiger charge is -2.30. The largest absolute Gasteiger partial charge is 0.456 e. The quantitative estimate of drug-likeness (QED) is 0.174. The molecule has 0 aliphatic heterocycles. The molecule has 13 rings (SSSR count). The van der Waals surface area contributed by atoms with Crippen LogP contribution in [0.2, 0.25) is 0 Å². The predicted molar refractivity (Wildman–Crippen MR) is 253 cm³/mol. The first-order valence-electron chi connectivity index (χ1n) is 21.2. The number of fused-ring (bicyclic) bond motifs is 13. The smallest absolute Gasteiger partial charge is 0.160 e. The molecule has 2 heterocycles. The summed E-state index contributed by atoms with van der Waals surface area (Å²) in [6.07, 6.45) is 0. The Morgan fingerprint density at radius 3 is 1.63 bits per heavy atom. The molecule has 11 aromatic rings. The zero-order chi connectivity index (χ0) is 40.8. The lowest BCUT2D eigenvalue weighted by Crippen LogP contribution is -2.25. The number of nitrogens with zero attached hydrogens (tertiary/aromatic N) is 2. The molecule has 0 saturated heterocycles. The maximum atomic E-state index is 6.66. The van der Waals surface area contributed by atoms with Crippen LogP contribution in [0.4, 0.5) is 0 Å². The Morgan fingerprint density at radius 1 is 0.323 bits per heavy atom. The molecule has 3 heteroatoms. The van der Waals surface area contributed by atoms with Crippen molar-refractivity contribution in [2.45, 2.75) is 5.41 Å². The number of rotatable bonds is 5. The van der Waals surface area contributed by atoms with Gasteiger partial charge in [-0.1, -0.05) is 188 Å². The highest BCUT2D eigenvalue weighted by Gasteiger charge is 2.51. The van der Waals surface area contributed by atoms with E-state index < -0.39 is 5.41 Å². The molecule has 0 N–H and O–H groups in total. The Hall–Kier alpha value is -8.14. The molecule has 288 valence electrons. The van der Waals surface area contributed by atoms with Gasteiger partial charge < -0.3 is 4.42 Å². The third-order valence-corrected chi connectivity index (χ3v) is 13.1. The number of hydrogen-bond donors (Lipinski definition) is 0. The van der Waals surface area contributed by atoms with Crippen molar-refractivity contribution < 1.29 is 4.42 Å². The fraction of sp³-hybridized carbons (Fsp3) is 0.0169. The highest BCUT2D eigenvalue weighted by Crippen LogP contribution is 2.64. The molecule has 0 radical (unpaired) electrons. The Balaban J connectivity index is 1.02. The number of furan rings is 1. The van der Waals surface area contributed by atoms with Crippen LogP contribution < -0.4 is 0 Å². The van der Waals surface area contributed by atoms with Crippen LogP contribution in [0.5, 0.6) is 0 Å². The summed E-state index contributed by atoms with van der Waals surface area (Å²) in [6.45, 7) is 0. The van der Waals surface area contributed by atoms with Crippen LogP contribution in [-0.2, 0) is 5.41 Å². The van der Waals surface area contributed by atoms with Crippen LogP contribution in [0.15, 0.2) is 223 Å². The van der Waals surface area contributed by atoms with Crippen molar-refractivity contribution in [1.29, 1.82) is 0 Å². The first-order valence-corrected chi connectivity index (χ1v) is 21.2. The van der Waals surface area contributed by atoms with Crippen LogP contribution in [-0.4, -0.2) is 9.97 Å². The minimum absolute atomic E-state index is 0.406. The lowest BCUT2D eigenvalue weighted by atomic mass is 9.70. The van der Waals surface area contributed by atoms with Crippen molar-refractivity contribution in [3.05, 3.63) is 241 Å². The minimum Gasteiger partial charge on any atom is -0.456 e. The van der Waals surface area contributed by atoms with Gasteiger partial charge in [-0.05, 0) is 97.1 Å². The van der Waals surface area contributed by atoms with E-state index in [0.29, 0.717) is 5.82 Å². The van der Waals surface area contributed by atoms with Crippen LogP contribution >= 0.6 is 0 Å². The molecule has 3 nitrogen and oxygen atoms in total. The lowest BCUT2D eigenvalue weighted by molar-refractivity contribution is 0.669. The van der Waals surface area contributed by atoms with Gasteiger partial charge in [0, 0.05) is 27.5 Å². The Bertz CT molecular complexity index is 3540. The fourth-order valence-corrected chi connectivity index (χ4v) is 10.5. The van der Waals surface area contributed by atoms with Crippen molar-refractivity contribution in [3.63, 3.8) is 0 Å². The van der Waals surface area contributed by atoms with Gasteiger partial charge in [-0.25, -0.2) is 9.97 Å². The van der Waals surface area contributed by atoms with E-state index >= 15 is 0 Å². The third-order valence-electron chi connectivity index (χ3n) is 13.1. The number of benzene rings is 9. The number of hydrogen-bond acceptors (Lipinski definition) is 3. The zero-order valence-electron chi connectivity index (χ0n) is 33.6. The molecule has 0 saturated carbocycles. The van der Waals surface area contributed by atoms with Gasteiger partial charge in [-0.3, -0.25) is 0 Å². The summed E-state index contributed by atoms with van der Waals surface area (Å²) in [5.41, 5.74) is 21.1. The molecular weight excluding hydrogens is 753 g/mol. The molecule has 0 unspecified atom stereocenters. The highest BCUT2D eigenvalue weighted by molar-refractivity contribution is 6.13. The summed E-state index contributed by atoms with van der Waals surface area (Å²) in [6, 6.07) is 78.4. The van der Waals surface area contributed by atoms with E-state index in [1.54, 1.807) is 0 Å². The van der Waals surface area contributed by atoms with E-state index in [2.05, 4.69) is 206 Å². The normalized spacial score (nSPS) is 13.0. The molecule has 0 bridgehead atoms. The van der Waals surface area contributed by atoms with Crippen LogP contribution in [0, 0.1) is 0 Å². The summed E-state index contributed by atoms with van der Waals surface area (Å²) < 4.78 is 6.66. The van der Waals surface area contributed by atoms with E-state index in [1.165, 1.54) is 50.1 Å². The zero-order valence-corrected chi connectivity index (χ0v) is 33.6. The maximum Gasteiger partial charge on any atom is 0.160 e. The standard InChI is InChI=1S/C59H36N2O/c1-3-16-37(17-4-1)39-20-13-21-41(34-39)58-60-52(38-18-5-2-6-19-38)36-53(61-58)46-26-15-31-55-57(46)47-35-40(32-33-54(47)62-55)42-25-14-30-51-56(42)45-24-9-12-29-50(45)59(51)48-27-10-7-22-43(48)44-23-8-11-28-49(44)59/h1-36H. The van der Waals surface area contributed by atoms with Gasteiger partial charge in [-0.15, -0.1) is 0 Å². The summed E-state index contributed by atoms with van der Waals surface area (Å²) in [5.74, 6) is 0.673. The van der Waals surface area contributed by atoms with Gasteiger partial charge in [0.1, 0.15) is 11.2 Å². The molecule has 9 aromatic carbocycles. The van der Waals surface area contributed by atoms with Gasteiger partial charge >= 0.3 is 0 Å². The molecule has 2 aliphatic rings. The van der Waals surface area contributed by atoms with E-state index in [1.807, 2.05) is 12.1 Å². The van der Waals surface area contributed by atoms with Crippen LogP contribution in [0.1, 0.15) is 22.3 Å². The predicted octanol–water partition coefficient (Wildman–Crippen LogP) is 15.1. The van der Waals surface area contributed by atoms with Crippen molar-refractivity contribution in [1.82, 2.24) is 9.97 Å². The van der Waals surface area contributed by atoms with Crippen molar-refractivity contribution in [2.75, 3.05) is 0 Å². The maximum absolute atomic E-state index is 6.66. The van der Waals surface area contributed by atoms with Crippen LogP contribution in [0.3, 0.4) is 0 Å². The molecule has 0 amide bonds. The van der Waals surface area contributed by atoms with Crippen LogP contribution in [0.25, 0.3) is 100 Å². The van der Waals surface area contributed by atoms with E-state index in [9.17, 15) is 0 Å². The second-order valence-corrected chi connectivity index (χ2v) is 16.4. The van der Waals surface area contributed by atoms with Gasteiger partial charge in [0.05, 0.1) is 16.8 Å². The Kier molecular flexibility index (Phi) is 7.52. The monoisotopic (exact) mass is 788 g/mol. The summed E-state index contributed by atoms with van der Waals surface area (Å²) in [5, 5.41) is 2.09. The molecule has 0 fully saturated rings. The van der Waals surface area contributed by atoms with Crippen molar-refractivity contribution >= 4 is 21.9 Å². The topological polar surface area (TPSA) is 38.9 Å². The van der Waals surface area contributed by atoms with Gasteiger partial charge in [0.15, 0.2) is 5.82 Å². The van der Waals surface area contributed by atoms with Gasteiger partial charge in [0.25, 0.3) is 0 Å². The molecular formula is C59H36N2O. The SMILES string of the molecule is c1ccc(-c2cccc(-c3nc(-c4ccccc4)cc(-c4cccc5oc6ccc(-c7cccc8c7-c7ccccc7C87c8ccccc8-c8ccccc87)cc6c45)n3)c2)cc1. The van der Waals surface area contributed by atoms with E-state index in [0.717, 1.165) is 66.7 Å². The first-order chi connectivity index (χ1) is 30.7. The second-order valence-electron chi connectivity index (χ2n) is 16.4. The molecule has 1 spiro atoms. The molecule has 62 heavy (non-hydrogen) atoms. The summed E-state index contributed by atoms with van der Waals surface area (Å²) in [7, 11) is 0. The Labute approximate surface area is 359 Å². The first kappa shape index (κ1) is 34.7.